The number of nitrogens with zero attached hydrogens (tertiary/aromatic N) is 2. The van der Waals surface area contributed by atoms with E-state index in [-0.39, 0.29) is 0 Å². The van der Waals surface area contributed by atoms with Crippen LogP contribution in [-0.2, 0) is 13.1 Å². The topological polar surface area (TPSA) is 6.48 Å². The zero-order chi connectivity index (χ0) is 9.42. The lowest BCUT2D eigenvalue weighted by atomic mass is 10.1. The lowest BCUT2D eigenvalue weighted by Crippen LogP contribution is -2.31. The Kier molecular flexibility index (Phi) is 2.10. The predicted octanol–water partition coefficient (Wildman–Crippen LogP) is 1.79. The Hall–Kier alpha value is -0.860. The van der Waals surface area contributed by atoms with Crippen LogP contribution in [-0.4, -0.2) is 24.1 Å². The molecule has 0 aliphatic carbocycles. The summed E-state index contributed by atoms with van der Waals surface area (Å²) >= 11 is 0. The molecule has 0 amide bonds. The van der Waals surface area contributed by atoms with Crippen LogP contribution in [0.1, 0.15) is 16.7 Å². The highest BCUT2D eigenvalue weighted by molar-refractivity contribution is 5.33. The van der Waals surface area contributed by atoms with Crippen LogP contribution in [0.25, 0.3) is 0 Å². The second-order valence-electron chi connectivity index (χ2n) is 3.94. The number of hydrogen-bond acceptors (Lipinski definition) is 2. The van der Waals surface area contributed by atoms with Gasteiger partial charge in [-0.25, -0.2) is 10.0 Å². The number of hydrogen-bond donors (Lipinski definition) is 0. The fourth-order valence-corrected chi connectivity index (χ4v) is 1.79. The Morgan fingerprint density at radius 2 is 1.85 bits per heavy atom. The molecule has 0 fully saturated rings. The largest absolute Gasteiger partial charge is 0.247 e. The summed E-state index contributed by atoms with van der Waals surface area (Å²) in [5.74, 6) is 0. The summed E-state index contributed by atoms with van der Waals surface area (Å²) < 4.78 is 0. The van der Waals surface area contributed by atoms with E-state index in [9.17, 15) is 0 Å². The van der Waals surface area contributed by atoms with E-state index in [4.69, 9.17) is 0 Å². The number of hydrazine groups is 1. The first-order valence-electron chi connectivity index (χ1n) is 4.67. The van der Waals surface area contributed by atoms with E-state index in [0.29, 0.717) is 0 Å². The molecule has 0 aromatic heterocycles. The Labute approximate surface area is 79.7 Å². The zero-order valence-corrected chi connectivity index (χ0v) is 8.54. The number of benzene rings is 1. The van der Waals surface area contributed by atoms with Crippen LogP contribution in [0.15, 0.2) is 18.2 Å². The Morgan fingerprint density at radius 1 is 1.15 bits per heavy atom. The molecule has 0 radical (unpaired) electrons. The van der Waals surface area contributed by atoms with Crippen molar-refractivity contribution in [1.29, 1.82) is 0 Å². The van der Waals surface area contributed by atoms with Crippen LogP contribution in [0.5, 0.6) is 0 Å². The van der Waals surface area contributed by atoms with Crippen LogP contribution in [0, 0.1) is 6.92 Å². The standard InChI is InChI=1S/C11H16N2/c1-9-4-5-10-7-13(12(2)3)8-11(10)6-9/h4-6H,7-8H2,1-3H3. The van der Waals surface area contributed by atoms with E-state index in [1.165, 1.54) is 16.7 Å². The van der Waals surface area contributed by atoms with Gasteiger partial charge in [-0.15, -0.1) is 0 Å². The molecule has 70 valence electrons. The Morgan fingerprint density at radius 3 is 2.54 bits per heavy atom. The number of fused-ring (bicyclic) bond motifs is 1. The van der Waals surface area contributed by atoms with Crippen LogP contribution in [0.2, 0.25) is 0 Å². The fraction of sp³-hybridized carbons (Fsp3) is 0.455. The van der Waals surface area contributed by atoms with E-state index in [1.807, 2.05) is 0 Å². The van der Waals surface area contributed by atoms with Gasteiger partial charge < -0.3 is 0 Å². The van der Waals surface area contributed by atoms with Crippen LogP contribution in [0.4, 0.5) is 0 Å². The van der Waals surface area contributed by atoms with E-state index in [1.54, 1.807) is 0 Å². The third kappa shape index (κ3) is 1.60. The third-order valence-electron chi connectivity index (χ3n) is 2.63. The van der Waals surface area contributed by atoms with Gasteiger partial charge in [-0.05, 0) is 18.1 Å². The van der Waals surface area contributed by atoms with Gasteiger partial charge in [-0.3, -0.25) is 0 Å². The van der Waals surface area contributed by atoms with Crippen molar-refractivity contribution in [3.63, 3.8) is 0 Å². The van der Waals surface area contributed by atoms with Gasteiger partial charge in [0.05, 0.1) is 0 Å². The van der Waals surface area contributed by atoms with Gasteiger partial charge in [0, 0.05) is 27.2 Å². The highest BCUT2D eigenvalue weighted by Gasteiger charge is 2.19. The maximum absolute atomic E-state index is 2.34. The van der Waals surface area contributed by atoms with Crippen LogP contribution < -0.4 is 0 Å². The average molecular weight is 176 g/mol. The van der Waals surface area contributed by atoms with Crippen molar-refractivity contribution in [2.75, 3.05) is 14.1 Å². The monoisotopic (exact) mass is 176 g/mol. The summed E-state index contributed by atoms with van der Waals surface area (Å²) in [6, 6.07) is 6.73. The van der Waals surface area contributed by atoms with Crippen molar-refractivity contribution >= 4 is 0 Å². The predicted molar refractivity (Wildman–Crippen MR) is 54.1 cm³/mol. The molecule has 1 aliphatic rings. The van der Waals surface area contributed by atoms with Crippen molar-refractivity contribution in [1.82, 2.24) is 10.0 Å². The first kappa shape index (κ1) is 8.73. The molecule has 2 nitrogen and oxygen atoms in total. The van der Waals surface area contributed by atoms with Crippen molar-refractivity contribution in [2.45, 2.75) is 20.0 Å². The molecule has 1 aliphatic heterocycles. The molecule has 0 N–H and O–H groups in total. The summed E-state index contributed by atoms with van der Waals surface area (Å²) in [4.78, 5) is 0. The smallest absolute Gasteiger partial charge is 0.0391 e. The first-order chi connectivity index (χ1) is 6.16. The van der Waals surface area contributed by atoms with Gasteiger partial charge in [0.1, 0.15) is 0 Å². The zero-order valence-electron chi connectivity index (χ0n) is 8.54. The number of rotatable bonds is 1. The summed E-state index contributed by atoms with van der Waals surface area (Å²) in [5.41, 5.74) is 4.31. The maximum atomic E-state index is 2.34. The summed E-state index contributed by atoms with van der Waals surface area (Å²) in [7, 11) is 4.19. The second-order valence-corrected chi connectivity index (χ2v) is 3.94. The molecule has 0 spiro atoms. The molecule has 0 bridgehead atoms. The first-order valence-corrected chi connectivity index (χ1v) is 4.67. The van der Waals surface area contributed by atoms with Crippen LogP contribution >= 0.6 is 0 Å². The molecule has 2 rings (SSSR count). The van der Waals surface area contributed by atoms with Crippen molar-refractivity contribution in [3.05, 3.63) is 34.9 Å². The summed E-state index contributed by atoms with van der Waals surface area (Å²) in [5, 5.41) is 4.50. The quantitative estimate of drug-likeness (QED) is 0.643. The summed E-state index contributed by atoms with van der Waals surface area (Å²) in [6.07, 6.45) is 0. The van der Waals surface area contributed by atoms with Gasteiger partial charge in [0.25, 0.3) is 0 Å². The Bertz CT molecular complexity index is 318. The summed E-state index contributed by atoms with van der Waals surface area (Å²) in [6.45, 7) is 4.27. The minimum absolute atomic E-state index is 1.06. The molecule has 13 heavy (non-hydrogen) atoms. The minimum atomic E-state index is 1.06. The molecule has 0 saturated carbocycles. The molecule has 0 unspecified atom stereocenters. The molecule has 2 heteroatoms. The highest BCUT2D eigenvalue weighted by atomic mass is 15.6. The normalized spacial score (nSPS) is 16.6. The van der Waals surface area contributed by atoms with Crippen LogP contribution in [0.3, 0.4) is 0 Å². The highest BCUT2D eigenvalue weighted by Crippen LogP contribution is 2.23. The van der Waals surface area contributed by atoms with E-state index >= 15 is 0 Å². The van der Waals surface area contributed by atoms with Gasteiger partial charge in [-0.2, -0.15) is 0 Å². The molecule has 1 aromatic rings. The van der Waals surface area contributed by atoms with Gasteiger partial charge in [-0.1, -0.05) is 23.8 Å². The second kappa shape index (κ2) is 3.13. The van der Waals surface area contributed by atoms with E-state index in [0.717, 1.165) is 13.1 Å². The molecular formula is C11H16N2. The minimum Gasteiger partial charge on any atom is -0.247 e. The molecule has 0 atom stereocenters. The SMILES string of the molecule is Cc1ccc2c(c1)CN(N(C)C)C2. The molecule has 1 heterocycles. The van der Waals surface area contributed by atoms with E-state index < -0.39 is 0 Å². The fourth-order valence-electron chi connectivity index (χ4n) is 1.79. The lowest BCUT2D eigenvalue weighted by Gasteiger charge is -2.22. The van der Waals surface area contributed by atoms with Gasteiger partial charge in [0.15, 0.2) is 0 Å². The van der Waals surface area contributed by atoms with Gasteiger partial charge >= 0.3 is 0 Å². The lowest BCUT2D eigenvalue weighted by molar-refractivity contribution is 0.0210. The average Bonchev–Trinajstić information content (AvgIpc) is 2.46. The number of aryl methyl sites for hydroxylation is 1. The third-order valence-corrected chi connectivity index (χ3v) is 2.63. The van der Waals surface area contributed by atoms with Crippen molar-refractivity contribution in [3.8, 4) is 0 Å². The molecular weight excluding hydrogens is 160 g/mol. The van der Waals surface area contributed by atoms with Gasteiger partial charge in [0.2, 0.25) is 0 Å². The molecule has 1 aromatic carbocycles. The maximum Gasteiger partial charge on any atom is 0.0391 e. The Balaban J connectivity index is 2.25. The van der Waals surface area contributed by atoms with Crippen molar-refractivity contribution in [2.24, 2.45) is 0 Å². The van der Waals surface area contributed by atoms with E-state index in [2.05, 4.69) is 49.2 Å². The van der Waals surface area contributed by atoms with Crippen molar-refractivity contribution < 1.29 is 0 Å². The molecule has 0 saturated heterocycles.